The second kappa shape index (κ2) is 12.2. The zero-order chi connectivity index (χ0) is 31.1. The molecule has 3 aromatic rings. The van der Waals surface area contributed by atoms with E-state index in [1.807, 2.05) is 6.07 Å². The maximum Gasteiger partial charge on any atom is 0.414 e. The van der Waals surface area contributed by atoms with Crippen molar-refractivity contribution in [2.75, 3.05) is 22.6 Å². The monoisotopic (exact) mass is 713 g/mol. The maximum atomic E-state index is 13.2. The lowest BCUT2D eigenvalue weighted by Crippen LogP contribution is -2.34. The molecule has 1 saturated carbocycles. The number of nitrogens with one attached hydrogen (secondary N) is 2. The highest BCUT2D eigenvalue weighted by Crippen LogP contribution is 2.65. The van der Waals surface area contributed by atoms with Crippen LogP contribution in [0.1, 0.15) is 48.2 Å². The molecule has 3 aromatic carbocycles. The standard InChI is InChI=1S/C30H28BrCl4N3O4/c1-15-12-18(38(5)28(41)42-29(2,3)4)8-11-23(15)37-26(39)19-14-17(7-10-21(19)32)36-27(40)25-24(30(25,34)35)16-6-9-20(31)22(33)13-16/h6-14,24-25H,1-5H3,(H,36,40)(H,37,39)/t24-,25+/m0/s1. The Balaban J connectivity index is 1.46. The number of hydrogen-bond acceptors (Lipinski definition) is 4. The minimum atomic E-state index is -1.31. The number of alkyl halides is 2. The summed E-state index contributed by atoms with van der Waals surface area (Å²) in [6.45, 7) is 7.18. The van der Waals surface area contributed by atoms with Crippen molar-refractivity contribution in [1.82, 2.24) is 0 Å². The second-order valence-electron chi connectivity index (χ2n) is 11.0. The molecule has 0 aliphatic heterocycles. The molecule has 4 rings (SSSR count). The van der Waals surface area contributed by atoms with Crippen LogP contribution in [0.25, 0.3) is 0 Å². The van der Waals surface area contributed by atoms with Gasteiger partial charge in [0.05, 0.1) is 21.5 Å². The van der Waals surface area contributed by atoms with Crippen LogP contribution in [0.5, 0.6) is 0 Å². The summed E-state index contributed by atoms with van der Waals surface area (Å²) in [4.78, 5) is 40.2. The molecule has 1 aliphatic carbocycles. The summed E-state index contributed by atoms with van der Waals surface area (Å²) in [6, 6.07) is 15.0. The van der Waals surface area contributed by atoms with Crippen molar-refractivity contribution in [3.05, 3.63) is 85.8 Å². The molecule has 42 heavy (non-hydrogen) atoms. The van der Waals surface area contributed by atoms with Crippen LogP contribution in [0, 0.1) is 12.8 Å². The number of ether oxygens (including phenoxy) is 1. The Morgan fingerprint density at radius 3 is 2.26 bits per heavy atom. The third-order valence-corrected chi connectivity index (χ3v) is 9.13. The van der Waals surface area contributed by atoms with Crippen LogP contribution >= 0.6 is 62.3 Å². The molecular formula is C30H28BrCl4N3O4. The molecule has 1 aliphatic rings. The highest BCUT2D eigenvalue weighted by atomic mass is 79.9. The predicted molar refractivity (Wildman–Crippen MR) is 174 cm³/mol. The first kappa shape index (κ1) is 32.4. The number of rotatable bonds is 6. The van der Waals surface area contributed by atoms with Gasteiger partial charge in [0.15, 0.2) is 0 Å². The minimum absolute atomic E-state index is 0.152. The van der Waals surface area contributed by atoms with Crippen LogP contribution in [-0.4, -0.2) is 34.9 Å². The van der Waals surface area contributed by atoms with Gasteiger partial charge in [-0.15, -0.1) is 23.2 Å². The Morgan fingerprint density at radius 2 is 1.64 bits per heavy atom. The van der Waals surface area contributed by atoms with Gasteiger partial charge in [0.1, 0.15) is 9.93 Å². The maximum absolute atomic E-state index is 13.2. The molecule has 0 bridgehead atoms. The summed E-state index contributed by atoms with van der Waals surface area (Å²) in [5.74, 6) is -2.07. The summed E-state index contributed by atoms with van der Waals surface area (Å²) in [5, 5.41) is 6.31. The number of amides is 3. The Morgan fingerprint density at radius 1 is 0.952 bits per heavy atom. The number of aryl methyl sites for hydroxylation is 1. The third kappa shape index (κ3) is 7.17. The number of carbonyl (C=O) groups is 3. The molecule has 222 valence electrons. The molecule has 2 atom stereocenters. The van der Waals surface area contributed by atoms with Crippen molar-refractivity contribution >= 4 is 97.3 Å². The summed E-state index contributed by atoms with van der Waals surface area (Å²) in [5.41, 5.74) is 2.44. The van der Waals surface area contributed by atoms with E-state index in [0.29, 0.717) is 27.6 Å². The highest BCUT2D eigenvalue weighted by molar-refractivity contribution is 9.10. The van der Waals surface area contributed by atoms with Gasteiger partial charge in [-0.1, -0.05) is 29.3 Å². The fraction of sp³-hybridized carbons (Fsp3) is 0.300. The molecule has 0 saturated heterocycles. The van der Waals surface area contributed by atoms with E-state index in [1.54, 1.807) is 71.1 Å². The van der Waals surface area contributed by atoms with E-state index in [9.17, 15) is 14.4 Å². The van der Waals surface area contributed by atoms with Crippen LogP contribution < -0.4 is 15.5 Å². The third-order valence-electron chi connectivity index (χ3n) is 6.63. The highest BCUT2D eigenvalue weighted by Gasteiger charge is 2.67. The fourth-order valence-electron chi connectivity index (χ4n) is 4.39. The number of nitrogens with zero attached hydrogens (tertiary/aromatic N) is 1. The molecule has 2 N–H and O–H groups in total. The van der Waals surface area contributed by atoms with E-state index in [-0.39, 0.29) is 10.6 Å². The number of benzene rings is 3. The van der Waals surface area contributed by atoms with Gasteiger partial charge in [0.2, 0.25) is 5.91 Å². The van der Waals surface area contributed by atoms with Crippen LogP contribution in [0.2, 0.25) is 10.0 Å². The molecule has 12 heteroatoms. The van der Waals surface area contributed by atoms with Crippen LogP contribution in [0.3, 0.4) is 0 Å². The molecule has 1 fully saturated rings. The summed E-state index contributed by atoms with van der Waals surface area (Å²) in [7, 11) is 1.61. The summed E-state index contributed by atoms with van der Waals surface area (Å²) in [6.07, 6.45) is -0.497. The van der Waals surface area contributed by atoms with E-state index >= 15 is 0 Å². The average molecular weight is 716 g/mol. The number of halogens is 5. The van der Waals surface area contributed by atoms with Crippen LogP contribution in [0.15, 0.2) is 59.1 Å². The van der Waals surface area contributed by atoms with Crippen molar-refractivity contribution in [3.63, 3.8) is 0 Å². The zero-order valence-electron chi connectivity index (χ0n) is 23.3. The minimum Gasteiger partial charge on any atom is -0.443 e. The molecular weight excluding hydrogens is 688 g/mol. The normalized spacial score (nSPS) is 17.3. The van der Waals surface area contributed by atoms with Gasteiger partial charge in [-0.2, -0.15) is 0 Å². The van der Waals surface area contributed by atoms with E-state index in [1.165, 1.54) is 17.0 Å². The molecule has 0 aromatic heterocycles. The quantitative estimate of drug-likeness (QED) is 0.249. The first-order valence-electron chi connectivity index (χ1n) is 12.8. The lowest BCUT2D eigenvalue weighted by molar-refractivity contribution is -0.117. The van der Waals surface area contributed by atoms with Crippen LogP contribution in [0.4, 0.5) is 21.9 Å². The van der Waals surface area contributed by atoms with E-state index in [2.05, 4.69) is 26.6 Å². The zero-order valence-corrected chi connectivity index (χ0v) is 27.9. The van der Waals surface area contributed by atoms with Gasteiger partial charge in [0, 0.05) is 34.5 Å². The average Bonchev–Trinajstić information content (AvgIpc) is 3.48. The first-order chi connectivity index (χ1) is 19.5. The fourth-order valence-corrected chi connectivity index (χ4v) is 5.86. The summed E-state index contributed by atoms with van der Waals surface area (Å²) < 4.78 is 4.82. The van der Waals surface area contributed by atoms with Gasteiger partial charge in [0.25, 0.3) is 5.91 Å². The van der Waals surface area contributed by atoms with Gasteiger partial charge in [-0.3, -0.25) is 14.5 Å². The van der Waals surface area contributed by atoms with Gasteiger partial charge in [-0.25, -0.2) is 4.79 Å². The molecule has 0 spiro atoms. The molecule has 7 nitrogen and oxygen atoms in total. The van der Waals surface area contributed by atoms with E-state index in [4.69, 9.17) is 51.1 Å². The number of carbonyl (C=O) groups excluding carboxylic acids is 3. The Bertz CT molecular complexity index is 1570. The van der Waals surface area contributed by atoms with Crippen molar-refractivity contribution in [1.29, 1.82) is 0 Å². The Labute approximate surface area is 272 Å². The Kier molecular flexibility index (Phi) is 9.46. The number of hydrogen-bond donors (Lipinski definition) is 2. The lowest BCUT2D eigenvalue weighted by Gasteiger charge is -2.25. The van der Waals surface area contributed by atoms with E-state index < -0.39 is 39.7 Å². The van der Waals surface area contributed by atoms with E-state index in [0.717, 1.165) is 10.0 Å². The molecule has 0 heterocycles. The number of anilines is 3. The smallest absolute Gasteiger partial charge is 0.414 e. The SMILES string of the molecule is Cc1cc(N(C)C(=O)OC(C)(C)C)ccc1NC(=O)c1cc(NC(=O)[C@H]2[C@H](c3ccc(Br)c(Cl)c3)C2(Cl)Cl)ccc1Cl. The van der Waals surface area contributed by atoms with Crippen molar-refractivity contribution in [2.24, 2.45) is 5.92 Å². The Hall–Kier alpha value is -2.49. The van der Waals surface area contributed by atoms with Crippen molar-refractivity contribution in [3.8, 4) is 0 Å². The van der Waals surface area contributed by atoms with Crippen molar-refractivity contribution in [2.45, 2.75) is 43.5 Å². The van der Waals surface area contributed by atoms with Crippen molar-refractivity contribution < 1.29 is 19.1 Å². The first-order valence-corrected chi connectivity index (χ1v) is 15.1. The van der Waals surface area contributed by atoms with Gasteiger partial charge >= 0.3 is 6.09 Å². The lowest BCUT2D eigenvalue weighted by atomic mass is 10.1. The van der Waals surface area contributed by atoms with Crippen LogP contribution in [-0.2, 0) is 9.53 Å². The second-order valence-corrected chi connectivity index (χ2v) is 14.1. The topological polar surface area (TPSA) is 87.7 Å². The summed E-state index contributed by atoms with van der Waals surface area (Å²) >= 11 is 28.9. The predicted octanol–water partition coefficient (Wildman–Crippen LogP) is 9.21. The molecule has 3 amide bonds. The van der Waals surface area contributed by atoms with Gasteiger partial charge in [-0.05, 0) is 103 Å². The molecule has 0 radical (unpaired) electrons. The van der Waals surface area contributed by atoms with Gasteiger partial charge < -0.3 is 15.4 Å². The molecule has 0 unspecified atom stereocenters. The largest absolute Gasteiger partial charge is 0.443 e.